The van der Waals surface area contributed by atoms with Gasteiger partial charge in [0.05, 0.1) is 0 Å². The van der Waals surface area contributed by atoms with Gasteiger partial charge in [-0.15, -0.1) is 0 Å². The first-order chi connectivity index (χ1) is 9.20. The lowest BCUT2D eigenvalue weighted by atomic mass is 10.2. The van der Waals surface area contributed by atoms with E-state index in [0.29, 0.717) is 11.9 Å². The number of anilines is 1. The smallest absolute Gasteiger partial charge is 0.256 e. The third-order valence-electron chi connectivity index (χ3n) is 2.73. The monoisotopic (exact) mass is 280 g/mol. The lowest BCUT2D eigenvalue weighted by Crippen LogP contribution is -2.22. The van der Waals surface area contributed by atoms with Gasteiger partial charge in [0.25, 0.3) is 5.95 Å². The van der Waals surface area contributed by atoms with Gasteiger partial charge in [0, 0.05) is 26.0 Å². The minimum absolute atomic E-state index is 0.179. The molecular formula is C12H17ClN6. The fraction of sp³-hybridized carbons (Fsp3) is 0.500. The van der Waals surface area contributed by atoms with Crippen LogP contribution in [-0.4, -0.2) is 38.3 Å². The van der Waals surface area contributed by atoms with Gasteiger partial charge in [0.2, 0.25) is 11.2 Å². The van der Waals surface area contributed by atoms with Crippen molar-refractivity contribution >= 4 is 17.5 Å². The molecule has 0 bridgehead atoms. The van der Waals surface area contributed by atoms with E-state index in [2.05, 4.69) is 27.0 Å². The summed E-state index contributed by atoms with van der Waals surface area (Å²) in [5, 5.41) is 4.27. The molecule has 0 atom stereocenters. The highest BCUT2D eigenvalue weighted by Gasteiger charge is 2.10. The Kier molecular flexibility index (Phi) is 4.68. The molecule has 0 aliphatic rings. The molecule has 0 aliphatic carbocycles. The highest BCUT2D eigenvalue weighted by atomic mass is 35.5. The molecule has 0 radical (unpaired) electrons. The van der Waals surface area contributed by atoms with Crippen LogP contribution >= 0.6 is 11.6 Å². The number of rotatable bonds is 6. The minimum atomic E-state index is 0.179. The fourth-order valence-electron chi connectivity index (χ4n) is 1.69. The van der Waals surface area contributed by atoms with Gasteiger partial charge in [-0.25, -0.2) is 4.68 Å². The SMILES string of the molecule is CCCCCN(C)c1nc(Cl)nc(-n2cccn2)n1. The van der Waals surface area contributed by atoms with Crippen molar-refractivity contribution in [2.45, 2.75) is 26.2 Å². The molecule has 0 fully saturated rings. The molecule has 0 saturated heterocycles. The molecule has 0 unspecified atom stereocenters. The van der Waals surface area contributed by atoms with Crippen molar-refractivity contribution in [1.82, 2.24) is 24.7 Å². The summed E-state index contributed by atoms with van der Waals surface area (Å²) in [6.07, 6.45) is 6.92. The van der Waals surface area contributed by atoms with E-state index in [1.54, 1.807) is 17.1 Å². The average Bonchev–Trinajstić information content (AvgIpc) is 2.92. The van der Waals surface area contributed by atoms with Crippen LogP contribution in [0.3, 0.4) is 0 Å². The largest absolute Gasteiger partial charge is 0.344 e. The number of hydrogen-bond donors (Lipinski definition) is 0. The molecule has 0 aliphatic heterocycles. The Morgan fingerprint density at radius 3 is 2.79 bits per heavy atom. The van der Waals surface area contributed by atoms with Crippen molar-refractivity contribution in [3.8, 4) is 5.95 Å². The summed E-state index contributed by atoms with van der Waals surface area (Å²) < 4.78 is 1.57. The molecule has 0 spiro atoms. The average molecular weight is 281 g/mol. The summed E-state index contributed by atoms with van der Waals surface area (Å²) >= 11 is 5.94. The van der Waals surface area contributed by atoms with Crippen LogP contribution in [0, 0.1) is 0 Å². The lowest BCUT2D eigenvalue weighted by molar-refractivity contribution is 0.690. The van der Waals surface area contributed by atoms with Crippen molar-refractivity contribution in [3.05, 3.63) is 23.7 Å². The third kappa shape index (κ3) is 3.64. The van der Waals surface area contributed by atoms with Crippen molar-refractivity contribution in [2.75, 3.05) is 18.5 Å². The summed E-state index contributed by atoms with van der Waals surface area (Å²) in [4.78, 5) is 14.6. The lowest BCUT2D eigenvalue weighted by Gasteiger charge is -2.17. The van der Waals surface area contributed by atoms with E-state index in [1.165, 1.54) is 12.8 Å². The van der Waals surface area contributed by atoms with Crippen molar-refractivity contribution in [2.24, 2.45) is 0 Å². The normalized spacial score (nSPS) is 10.7. The molecule has 2 heterocycles. The molecule has 0 N–H and O–H groups in total. The summed E-state index contributed by atoms with van der Waals surface area (Å²) in [5.41, 5.74) is 0. The summed E-state index contributed by atoms with van der Waals surface area (Å²) in [6.45, 7) is 3.07. The summed E-state index contributed by atoms with van der Waals surface area (Å²) in [7, 11) is 1.95. The highest BCUT2D eigenvalue weighted by Crippen LogP contribution is 2.12. The van der Waals surface area contributed by atoms with E-state index in [1.807, 2.05) is 18.0 Å². The Hall–Kier alpha value is -1.69. The maximum Gasteiger partial charge on any atom is 0.256 e. The van der Waals surface area contributed by atoms with Crippen LogP contribution in [0.5, 0.6) is 0 Å². The van der Waals surface area contributed by atoms with Crippen molar-refractivity contribution in [3.63, 3.8) is 0 Å². The zero-order chi connectivity index (χ0) is 13.7. The number of halogens is 1. The first-order valence-electron chi connectivity index (χ1n) is 6.33. The Morgan fingerprint density at radius 2 is 2.11 bits per heavy atom. The molecule has 2 aromatic rings. The maximum atomic E-state index is 5.94. The van der Waals surface area contributed by atoms with Crippen LogP contribution < -0.4 is 4.90 Å². The Labute approximate surface area is 117 Å². The molecule has 2 rings (SSSR count). The molecule has 6 nitrogen and oxygen atoms in total. The van der Waals surface area contributed by atoms with E-state index in [4.69, 9.17) is 11.6 Å². The molecule has 0 saturated carbocycles. The predicted molar refractivity (Wildman–Crippen MR) is 74.8 cm³/mol. The van der Waals surface area contributed by atoms with E-state index >= 15 is 0 Å². The van der Waals surface area contributed by atoms with Gasteiger partial charge in [0.1, 0.15) is 0 Å². The molecule has 0 amide bonds. The van der Waals surface area contributed by atoms with Crippen LogP contribution in [-0.2, 0) is 0 Å². The Bertz CT molecular complexity index is 513. The molecular weight excluding hydrogens is 264 g/mol. The first kappa shape index (κ1) is 13.7. The molecule has 0 aromatic carbocycles. The highest BCUT2D eigenvalue weighted by molar-refractivity contribution is 6.28. The van der Waals surface area contributed by atoms with E-state index in [0.717, 1.165) is 13.0 Å². The number of aromatic nitrogens is 5. The van der Waals surface area contributed by atoms with Crippen LogP contribution in [0.1, 0.15) is 26.2 Å². The Balaban J connectivity index is 2.17. The number of nitrogens with zero attached hydrogens (tertiary/aromatic N) is 6. The van der Waals surface area contributed by atoms with Crippen LogP contribution in [0.4, 0.5) is 5.95 Å². The first-order valence-corrected chi connectivity index (χ1v) is 6.71. The summed E-state index contributed by atoms with van der Waals surface area (Å²) in [5.74, 6) is 1.00. The minimum Gasteiger partial charge on any atom is -0.344 e. The Morgan fingerprint density at radius 1 is 1.26 bits per heavy atom. The van der Waals surface area contributed by atoms with Gasteiger partial charge in [-0.2, -0.15) is 20.1 Å². The van der Waals surface area contributed by atoms with Gasteiger partial charge < -0.3 is 4.90 Å². The summed E-state index contributed by atoms with van der Waals surface area (Å²) in [6, 6.07) is 1.81. The second-order valence-electron chi connectivity index (χ2n) is 4.28. The van der Waals surface area contributed by atoms with E-state index < -0.39 is 0 Å². The van der Waals surface area contributed by atoms with Gasteiger partial charge in [-0.3, -0.25) is 0 Å². The van der Waals surface area contributed by atoms with Crippen molar-refractivity contribution in [1.29, 1.82) is 0 Å². The van der Waals surface area contributed by atoms with Gasteiger partial charge in [-0.05, 0) is 24.1 Å². The van der Waals surface area contributed by atoms with Crippen LogP contribution in [0.2, 0.25) is 5.28 Å². The maximum absolute atomic E-state index is 5.94. The molecule has 19 heavy (non-hydrogen) atoms. The zero-order valence-electron chi connectivity index (χ0n) is 11.1. The second-order valence-corrected chi connectivity index (χ2v) is 4.62. The van der Waals surface area contributed by atoms with Crippen molar-refractivity contribution < 1.29 is 0 Å². The van der Waals surface area contributed by atoms with Gasteiger partial charge in [-0.1, -0.05) is 19.8 Å². The van der Waals surface area contributed by atoms with Crippen LogP contribution in [0.15, 0.2) is 18.5 Å². The fourth-order valence-corrected chi connectivity index (χ4v) is 1.84. The quantitative estimate of drug-likeness (QED) is 0.760. The topological polar surface area (TPSA) is 59.7 Å². The second kappa shape index (κ2) is 6.47. The van der Waals surface area contributed by atoms with E-state index in [9.17, 15) is 0 Å². The third-order valence-corrected chi connectivity index (χ3v) is 2.90. The predicted octanol–water partition coefficient (Wildman–Crippen LogP) is 2.34. The van der Waals surface area contributed by atoms with E-state index in [-0.39, 0.29) is 5.28 Å². The standard InChI is InChI=1S/C12H17ClN6/c1-3-4-5-8-18(2)11-15-10(13)16-12(17-11)19-9-6-7-14-19/h6-7,9H,3-5,8H2,1-2H3. The number of unbranched alkanes of at least 4 members (excludes halogenated alkanes) is 2. The molecule has 2 aromatic heterocycles. The van der Waals surface area contributed by atoms with Crippen LogP contribution in [0.25, 0.3) is 5.95 Å². The zero-order valence-corrected chi connectivity index (χ0v) is 11.9. The van der Waals surface area contributed by atoms with Gasteiger partial charge in [0.15, 0.2) is 0 Å². The van der Waals surface area contributed by atoms with Gasteiger partial charge >= 0.3 is 0 Å². The molecule has 102 valence electrons. The molecule has 7 heteroatoms. The number of hydrogen-bond acceptors (Lipinski definition) is 5.